The molecule has 5 rings (SSSR count). The quantitative estimate of drug-likeness (QED) is 0.641. The van der Waals surface area contributed by atoms with Crippen LogP contribution in [0, 0.1) is 0 Å². The van der Waals surface area contributed by atoms with Crippen molar-refractivity contribution in [3.8, 4) is 0 Å². The van der Waals surface area contributed by atoms with Crippen LogP contribution in [0.4, 0.5) is 5.69 Å². The average molecular weight is 434 g/mol. The third-order valence-corrected chi connectivity index (χ3v) is 6.46. The lowest BCUT2D eigenvalue weighted by molar-refractivity contribution is -0.131. The highest BCUT2D eigenvalue weighted by Crippen LogP contribution is 2.28. The number of aromatic nitrogens is 1. The zero-order chi connectivity index (χ0) is 21.9. The number of para-hydroxylation sites is 1. The van der Waals surface area contributed by atoms with E-state index in [0.717, 1.165) is 49.3 Å². The molecule has 0 bridgehead atoms. The Labute approximate surface area is 189 Å². The molecule has 1 atom stereocenters. The van der Waals surface area contributed by atoms with E-state index in [4.69, 9.17) is 9.47 Å². The molecule has 6 nitrogen and oxygen atoms in total. The standard InChI is InChI=1S/C26H31N3O3/c1-2-14-32-26-18-31-15-13-29(26)20-9-7-19(8-10-20)16-25(30)28-12-11-22-21-5-3-4-6-23(21)27-24(22)17-28/h3-10,26-27H,2,11-18H2,1H3. The Morgan fingerprint density at radius 3 is 2.84 bits per heavy atom. The molecule has 1 amide bonds. The van der Waals surface area contributed by atoms with Crippen LogP contribution in [0.15, 0.2) is 48.5 Å². The SMILES string of the molecule is CCCOC1COCCN1c1ccc(CC(=O)N2CCc3c([nH]c4ccccc34)C2)cc1. The van der Waals surface area contributed by atoms with Gasteiger partial charge in [0, 0.05) is 42.0 Å². The fourth-order valence-electron chi connectivity index (χ4n) is 4.77. The maximum absolute atomic E-state index is 13.0. The van der Waals surface area contributed by atoms with Crippen LogP contribution in [0.5, 0.6) is 0 Å². The Bertz CT molecular complexity index is 1080. The molecular formula is C26H31N3O3. The lowest BCUT2D eigenvalue weighted by Crippen LogP contribution is -2.47. The summed E-state index contributed by atoms with van der Waals surface area (Å²) in [6, 6.07) is 16.7. The van der Waals surface area contributed by atoms with E-state index in [2.05, 4.69) is 59.3 Å². The summed E-state index contributed by atoms with van der Waals surface area (Å²) in [7, 11) is 0. The number of nitrogens with one attached hydrogen (secondary N) is 1. The maximum atomic E-state index is 13.0. The van der Waals surface area contributed by atoms with Crippen molar-refractivity contribution < 1.29 is 14.3 Å². The predicted molar refractivity (Wildman–Crippen MR) is 126 cm³/mol. The van der Waals surface area contributed by atoms with Gasteiger partial charge in [-0.1, -0.05) is 37.3 Å². The van der Waals surface area contributed by atoms with Gasteiger partial charge in [0.15, 0.2) is 6.23 Å². The van der Waals surface area contributed by atoms with Crippen molar-refractivity contribution in [2.24, 2.45) is 0 Å². The number of benzene rings is 2. The van der Waals surface area contributed by atoms with Crippen LogP contribution >= 0.6 is 0 Å². The fourth-order valence-corrected chi connectivity index (χ4v) is 4.77. The van der Waals surface area contributed by atoms with Gasteiger partial charge in [-0.15, -0.1) is 0 Å². The second kappa shape index (κ2) is 9.35. The summed E-state index contributed by atoms with van der Waals surface area (Å²) in [5.74, 6) is 0.178. The number of rotatable bonds is 6. The number of nitrogens with zero attached hydrogens (tertiary/aromatic N) is 2. The Balaban J connectivity index is 1.23. The zero-order valence-electron chi connectivity index (χ0n) is 18.7. The monoisotopic (exact) mass is 433 g/mol. The minimum atomic E-state index is -0.0463. The Hall–Kier alpha value is -2.83. The van der Waals surface area contributed by atoms with E-state index in [1.54, 1.807) is 0 Å². The van der Waals surface area contributed by atoms with Crippen molar-refractivity contribution in [1.29, 1.82) is 0 Å². The highest BCUT2D eigenvalue weighted by molar-refractivity contribution is 5.86. The summed E-state index contributed by atoms with van der Waals surface area (Å²) >= 11 is 0. The summed E-state index contributed by atoms with van der Waals surface area (Å²) < 4.78 is 11.6. The molecule has 1 aromatic heterocycles. The van der Waals surface area contributed by atoms with Crippen molar-refractivity contribution in [2.75, 3.05) is 37.8 Å². The minimum absolute atomic E-state index is 0.0463. The lowest BCUT2D eigenvalue weighted by atomic mass is 10.0. The number of carbonyl (C=O) groups is 1. The second-order valence-corrected chi connectivity index (χ2v) is 8.63. The third kappa shape index (κ3) is 4.25. The van der Waals surface area contributed by atoms with Gasteiger partial charge >= 0.3 is 0 Å². The molecule has 168 valence electrons. The first-order valence-electron chi connectivity index (χ1n) is 11.6. The van der Waals surface area contributed by atoms with Crippen LogP contribution in [0.1, 0.15) is 30.2 Å². The predicted octanol–water partition coefficient (Wildman–Crippen LogP) is 3.88. The zero-order valence-corrected chi connectivity index (χ0v) is 18.7. The molecule has 0 spiro atoms. The fraction of sp³-hybridized carbons (Fsp3) is 0.423. The van der Waals surface area contributed by atoms with E-state index in [1.807, 2.05) is 11.0 Å². The number of anilines is 1. The van der Waals surface area contributed by atoms with Crippen molar-refractivity contribution in [2.45, 2.75) is 39.0 Å². The first kappa shape index (κ1) is 21.0. The number of H-pyrrole nitrogens is 1. The maximum Gasteiger partial charge on any atom is 0.227 e. The number of morpholine rings is 1. The van der Waals surface area contributed by atoms with Crippen LogP contribution in [-0.4, -0.2) is 54.9 Å². The average Bonchev–Trinajstić information content (AvgIpc) is 3.21. The number of hydrogen-bond acceptors (Lipinski definition) is 4. The van der Waals surface area contributed by atoms with Gasteiger partial charge in [0.05, 0.1) is 26.2 Å². The smallest absolute Gasteiger partial charge is 0.227 e. The van der Waals surface area contributed by atoms with Gasteiger partial charge in [0.1, 0.15) is 0 Å². The normalized spacial score (nSPS) is 18.7. The van der Waals surface area contributed by atoms with Crippen LogP contribution in [0.25, 0.3) is 10.9 Å². The molecule has 32 heavy (non-hydrogen) atoms. The lowest BCUT2D eigenvalue weighted by Gasteiger charge is -2.37. The first-order chi connectivity index (χ1) is 15.7. The molecule has 2 aliphatic heterocycles. The number of carbonyl (C=O) groups excluding carboxylic acids is 1. The van der Waals surface area contributed by atoms with Crippen molar-refractivity contribution in [1.82, 2.24) is 9.88 Å². The molecule has 6 heteroatoms. The van der Waals surface area contributed by atoms with Crippen LogP contribution < -0.4 is 4.90 Å². The Morgan fingerprint density at radius 1 is 1.16 bits per heavy atom. The molecule has 3 heterocycles. The van der Waals surface area contributed by atoms with Gasteiger partial charge in [-0.05, 0) is 42.2 Å². The molecule has 1 fully saturated rings. The van der Waals surface area contributed by atoms with Gasteiger partial charge < -0.3 is 24.3 Å². The third-order valence-electron chi connectivity index (χ3n) is 6.46. The number of aromatic amines is 1. The van der Waals surface area contributed by atoms with E-state index in [0.29, 0.717) is 26.2 Å². The Morgan fingerprint density at radius 2 is 2.00 bits per heavy atom. The molecule has 1 N–H and O–H groups in total. The van der Waals surface area contributed by atoms with Crippen molar-refractivity contribution in [3.63, 3.8) is 0 Å². The van der Waals surface area contributed by atoms with Gasteiger partial charge in [0.25, 0.3) is 0 Å². The van der Waals surface area contributed by atoms with Gasteiger partial charge in [-0.2, -0.15) is 0 Å². The van der Waals surface area contributed by atoms with E-state index < -0.39 is 0 Å². The van der Waals surface area contributed by atoms with Crippen molar-refractivity contribution >= 4 is 22.5 Å². The van der Waals surface area contributed by atoms with Crippen molar-refractivity contribution in [3.05, 3.63) is 65.4 Å². The molecule has 2 aromatic carbocycles. The summed E-state index contributed by atoms with van der Waals surface area (Å²) in [6.45, 7) is 6.38. The van der Waals surface area contributed by atoms with E-state index >= 15 is 0 Å². The van der Waals surface area contributed by atoms with Gasteiger partial charge in [0.2, 0.25) is 5.91 Å². The molecule has 0 radical (unpaired) electrons. The molecule has 2 aliphatic rings. The summed E-state index contributed by atoms with van der Waals surface area (Å²) in [4.78, 5) is 20.8. The highest BCUT2D eigenvalue weighted by Gasteiger charge is 2.25. The molecular weight excluding hydrogens is 402 g/mol. The molecule has 0 saturated carbocycles. The highest BCUT2D eigenvalue weighted by atomic mass is 16.5. The number of fused-ring (bicyclic) bond motifs is 3. The largest absolute Gasteiger partial charge is 0.375 e. The minimum Gasteiger partial charge on any atom is -0.375 e. The number of ether oxygens (including phenoxy) is 2. The molecule has 1 unspecified atom stereocenters. The Kier molecular flexibility index (Phi) is 6.14. The molecule has 1 saturated heterocycles. The van der Waals surface area contributed by atoms with E-state index in [-0.39, 0.29) is 12.1 Å². The first-order valence-corrected chi connectivity index (χ1v) is 11.6. The van der Waals surface area contributed by atoms with E-state index in [1.165, 1.54) is 16.6 Å². The van der Waals surface area contributed by atoms with Crippen LogP contribution in [0.2, 0.25) is 0 Å². The van der Waals surface area contributed by atoms with Crippen LogP contribution in [0.3, 0.4) is 0 Å². The summed E-state index contributed by atoms with van der Waals surface area (Å²) in [5.41, 5.74) is 5.85. The molecule has 3 aromatic rings. The number of hydrogen-bond donors (Lipinski definition) is 1. The van der Waals surface area contributed by atoms with Gasteiger partial charge in [-0.25, -0.2) is 0 Å². The topological polar surface area (TPSA) is 57.8 Å². The number of amides is 1. The van der Waals surface area contributed by atoms with Crippen LogP contribution in [-0.2, 0) is 33.7 Å². The summed E-state index contributed by atoms with van der Waals surface area (Å²) in [5, 5.41) is 1.29. The van der Waals surface area contributed by atoms with Gasteiger partial charge in [-0.3, -0.25) is 4.79 Å². The summed E-state index contributed by atoms with van der Waals surface area (Å²) in [6.07, 6.45) is 2.27. The van der Waals surface area contributed by atoms with E-state index in [9.17, 15) is 4.79 Å². The second-order valence-electron chi connectivity index (χ2n) is 8.63. The molecule has 0 aliphatic carbocycles.